The van der Waals surface area contributed by atoms with E-state index >= 15 is 0 Å². The van der Waals surface area contributed by atoms with Crippen molar-refractivity contribution in [3.8, 4) is 5.75 Å². The van der Waals surface area contributed by atoms with Crippen molar-refractivity contribution in [2.75, 3.05) is 53.6 Å². The van der Waals surface area contributed by atoms with E-state index in [9.17, 15) is 0 Å². The molecular weight excluding hydrogens is 511 g/mol. The summed E-state index contributed by atoms with van der Waals surface area (Å²) in [5.41, 5.74) is 2.41. The van der Waals surface area contributed by atoms with Gasteiger partial charge in [-0.25, -0.2) is 0 Å². The number of aryl methyl sites for hydroxylation is 1. The van der Waals surface area contributed by atoms with Gasteiger partial charge in [0.25, 0.3) is 0 Å². The van der Waals surface area contributed by atoms with Gasteiger partial charge in [-0.3, -0.25) is 9.89 Å². The number of rotatable bonds is 8. The van der Waals surface area contributed by atoms with E-state index in [1.807, 2.05) is 18.4 Å². The highest BCUT2D eigenvalue weighted by Crippen LogP contribution is 2.25. The van der Waals surface area contributed by atoms with Gasteiger partial charge in [-0.05, 0) is 42.0 Å². The third kappa shape index (κ3) is 7.11. The lowest BCUT2D eigenvalue weighted by Gasteiger charge is -2.34. The molecule has 0 saturated carbocycles. The zero-order valence-corrected chi connectivity index (χ0v) is 21.2. The van der Waals surface area contributed by atoms with Crippen LogP contribution in [0.2, 0.25) is 0 Å². The molecule has 1 aliphatic rings. The molecule has 8 heteroatoms. The van der Waals surface area contributed by atoms with Gasteiger partial charge < -0.3 is 20.1 Å². The average Bonchev–Trinajstić information content (AvgIpc) is 3.29. The van der Waals surface area contributed by atoms with Gasteiger partial charge in [0.2, 0.25) is 0 Å². The van der Waals surface area contributed by atoms with E-state index in [-0.39, 0.29) is 24.0 Å². The molecule has 1 aromatic carbocycles. The molecule has 0 spiro atoms. The highest BCUT2D eigenvalue weighted by molar-refractivity contribution is 14.0. The Labute approximate surface area is 201 Å². The Hall–Kier alpha value is -1.36. The molecule has 2 heterocycles. The van der Waals surface area contributed by atoms with Gasteiger partial charge >= 0.3 is 0 Å². The number of benzene rings is 1. The average molecular weight is 545 g/mol. The standard InChI is InChI=1S/C22H32N4O2S.HI/c1-17-6-7-18(15-20(17)27-3)8-9-24-22(23-2)25-16-19(21-5-4-14-29-21)26-10-12-28-13-11-26;/h4-7,14-15,19H,8-13,16H2,1-3H3,(H2,23,24,25);1H. The predicted octanol–water partition coefficient (Wildman–Crippen LogP) is 3.46. The number of methoxy groups -OCH3 is 1. The summed E-state index contributed by atoms with van der Waals surface area (Å²) in [6, 6.07) is 11.0. The Morgan fingerprint density at radius 3 is 2.73 bits per heavy atom. The number of hydrogen-bond acceptors (Lipinski definition) is 5. The van der Waals surface area contributed by atoms with Crippen LogP contribution in [0.15, 0.2) is 40.7 Å². The number of guanidine groups is 1. The van der Waals surface area contributed by atoms with Crippen LogP contribution < -0.4 is 15.4 Å². The van der Waals surface area contributed by atoms with Crippen molar-refractivity contribution < 1.29 is 9.47 Å². The molecule has 0 bridgehead atoms. The molecule has 3 rings (SSSR count). The van der Waals surface area contributed by atoms with E-state index in [1.165, 1.54) is 10.4 Å². The minimum absolute atomic E-state index is 0. The van der Waals surface area contributed by atoms with Gasteiger partial charge in [0.05, 0.1) is 26.4 Å². The van der Waals surface area contributed by atoms with E-state index in [2.05, 4.69) is 63.2 Å². The number of thiophene rings is 1. The molecule has 0 amide bonds. The second kappa shape index (κ2) is 13.1. The number of nitrogens with one attached hydrogen (secondary N) is 2. The Balaban J connectivity index is 0.00000320. The van der Waals surface area contributed by atoms with Crippen LogP contribution in [0.4, 0.5) is 0 Å². The summed E-state index contributed by atoms with van der Waals surface area (Å²) < 4.78 is 11.0. The fourth-order valence-corrected chi connectivity index (χ4v) is 4.40. The number of morpholine rings is 1. The summed E-state index contributed by atoms with van der Waals surface area (Å²) in [4.78, 5) is 8.27. The molecule has 1 aliphatic heterocycles. The first kappa shape index (κ1) is 24.9. The lowest BCUT2D eigenvalue weighted by atomic mass is 10.1. The van der Waals surface area contributed by atoms with Crippen molar-refractivity contribution in [3.63, 3.8) is 0 Å². The molecule has 2 N–H and O–H groups in total. The quantitative estimate of drug-likeness (QED) is 0.303. The maximum absolute atomic E-state index is 5.53. The number of hydrogen-bond donors (Lipinski definition) is 2. The van der Waals surface area contributed by atoms with E-state index in [0.717, 1.165) is 63.1 Å². The first-order valence-corrected chi connectivity index (χ1v) is 11.0. The second-order valence-electron chi connectivity index (χ2n) is 7.11. The summed E-state index contributed by atoms with van der Waals surface area (Å²) in [6.45, 7) is 7.22. The lowest BCUT2D eigenvalue weighted by Crippen LogP contribution is -2.46. The molecule has 1 saturated heterocycles. The van der Waals surface area contributed by atoms with Gasteiger partial charge in [0, 0.05) is 38.1 Å². The predicted molar refractivity (Wildman–Crippen MR) is 136 cm³/mol. The van der Waals surface area contributed by atoms with Crippen molar-refractivity contribution in [2.45, 2.75) is 19.4 Å². The minimum Gasteiger partial charge on any atom is -0.496 e. The summed E-state index contributed by atoms with van der Waals surface area (Å²) in [7, 11) is 3.54. The fourth-order valence-electron chi connectivity index (χ4n) is 3.54. The van der Waals surface area contributed by atoms with E-state index in [1.54, 1.807) is 7.11 Å². The number of halogens is 1. The molecular formula is C22H33IN4O2S. The molecule has 1 aromatic heterocycles. The Bertz CT molecular complexity index is 779. The molecule has 30 heavy (non-hydrogen) atoms. The molecule has 1 fully saturated rings. The molecule has 1 unspecified atom stereocenters. The van der Waals surface area contributed by atoms with Crippen molar-refractivity contribution >= 4 is 41.3 Å². The molecule has 2 aromatic rings. The monoisotopic (exact) mass is 544 g/mol. The number of aliphatic imine (C=N–C) groups is 1. The van der Waals surface area contributed by atoms with Crippen LogP contribution in [0.3, 0.4) is 0 Å². The highest BCUT2D eigenvalue weighted by Gasteiger charge is 2.23. The molecule has 0 radical (unpaired) electrons. The highest BCUT2D eigenvalue weighted by atomic mass is 127. The fraction of sp³-hybridized carbons (Fsp3) is 0.500. The SMILES string of the molecule is CN=C(NCCc1ccc(C)c(OC)c1)NCC(c1cccs1)N1CCOCC1.I. The molecule has 1 atom stereocenters. The topological polar surface area (TPSA) is 58.1 Å². The third-order valence-corrected chi connectivity index (χ3v) is 6.20. The largest absolute Gasteiger partial charge is 0.496 e. The van der Waals surface area contributed by atoms with Crippen LogP contribution in [0.1, 0.15) is 22.0 Å². The van der Waals surface area contributed by atoms with Gasteiger partial charge in [0.15, 0.2) is 5.96 Å². The molecule has 0 aliphatic carbocycles. The Kier molecular flexibility index (Phi) is 10.9. The van der Waals surface area contributed by atoms with Crippen molar-refractivity contribution in [3.05, 3.63) is 51.7 Å². The second-order valence-corrected chi connectivity index (χ2v) is 8.09. The van der Waals surface area contributed by atoms with Gasteiger partial charge in [-0.15, -0.1) is 35.3 Å². The smallest absolute Gasteiger partial charge is 0.191 e. The maximum atomic E-state index is 5.53. The maximum Gasteiger partial charge on any atom is 0.191 e. The minimum atomic E-state index is 0. The number of ether oxygens (including phenoxy) is 2. The Morgan fingerprint density at radius 1 is 1.27 bits per heavy atom. The van der Waals surface area contributed by atoms with Gasteiger partial charge in [-0.1, -0.05) is 18.2 Å². The summed E-state index contributed by atoms with van der Waals surface area (Å²) in [6.07, 6.45) is 0.912. The first-order chi connectivity index (χ1) is 14.2. The van der Waals surface area contributed by atoms with Crippen LogP contribution in [-0.4, -0.2) is 64.4 Å². The van der Waals surface area contributed by atoms with Crippen LogP contribution >= 0.6 is 35.3 Å². The van der Waals surface area contributed by atoms with Crippen molar-refractivity contribution in [1.29, 1.82) is 0 Å². The van der Waals surface area contributed by atoms with Crippen LogP contribution in [-0.2, 0) is 11.2 Å². The normalized spacial score (nSPS) is 15.9. The van der Waals surface area contributed by atoms with Crippen LogP contribution in [0.25, 0.3) is 0 Å². The van der Waals surface area contributed by atoms with Crippen LogP contribution in [0.5, 0.6) is 5.75 Å². The first-order valence-electron chi connectivity index (χ1n) is 10.1. The van der Waals surface area contributed by atoms with Crippen molar-refractivity contribution in [2.24, 2.45) is 4.99 Å². The number of nitrogens with zero attached hydrogens (tertiary/aromatic N) is 2. The van der Waals surface area contributed by atoms with E-state index < -0.39 is 0 Å². The third-order valence-electron chi connectivity index (χ3n) is 5.22. The van der Waals surface area contributed by atoms with Crippen molar-refractivity contribution in [1.82, 2.24) is 15.5 Å². The van der Waals surface area contributed by atoms with E-state index in [0.29, 0.717) is 6.04 Å². The Morgan fingerprint density at radius 2 is 2.07 bits per heavy atom. The summed E-state index contributed by atoms with van der Waals surface area (Å²) >= 11 is 1.81. The lowest BCUT2D eigenvalue weighted by molar-refractivity contribution is 0.0177. The van der Waals surface area contributed by atoms with Gasteiger partial charge in [-0.2, -0.15) is 0 Å². The zero-order chi connectivity index (χ0) is 20.5. The molecule has 166 valence electrons. The summed E-state index contributed by atoms with van der Waals surface area (Å²) in [5, 5.41) is 9.09. The van der Waals surface area contributed by atoms with Gasteiger partial charge in [0.1, 0.15) is 5.75 Å². The van der Waals surface area contributed by atoms with E-state index in [4.69, 9.17) is 9.47 Å². The molecule has 6 nitrogen and oxygen atoms in total. The summed E-state index contributed by atoms with van der Waals surface area (Å²) in [5.74, 6) is 1.77. The van der Waals surface area contributed by atoms with Crippen LogP contribution in [0, 0.1) is 6.92 Å². The zero-order valence-electron chi connectivity index (χ0n) is 18.0.